The topological polar surface area (TPSA) is 0 Å². The van der Waals surface area contributed by atoms with Gasteiger partial charge in [0.15, 0.2) is 0 Å². The fourth-order valence-corrected chi connectivity index (χ4v) is 1.74. The van der Waals surface area contributed by atoms with Gasteiger partial charge in [0.2, 0.25) is 0 Å². The number of hydrogen-bond acceptors (Lipinski definition) is 0. The van der Waals surface area contributed by atoms with Crippen LogP contribution in [0.5, 0.6) is 0 Å². The third kappa shape index (κ3) is 4.68. The van der Waals surface area contributed by atoms with Crippen molar-refractivity contribution >= 4 is 11.8 Å². The van der Waals surface area contributed by atoms with Crippen molar-refractivity contribution in [2.75, 3.05) is 11.5 Å². The molecule has 0 aromatic heterocycles. The van der Waals surface area contributed by atoms with Gasteiger partial charge in [-0.05, 0) is 24.2 Å². The Morgan fingerprint density at radius 2 is 1.83 bits per heavy atom. The van der Waals surface area contributed by atoms with Gasteiger partial charge in [-0.1, -0.05) is 30.3 Å². The molecule has 0 radical (unpaired) electrons. The van der Waals surface area contributed by atoms with Crippen molar-refractivity contribution in [1.82, 2.24) is 0 Å². The summed E-state index contributed by atoms with van der Waals surface area (Å²) in [5.41, 5.74) is 1.47. The molecule has 0 heterocycles. The maximum absolute atomic E-state index is 2.23. The molecular weight excluding hydrogens is 188 g/mol. The summed E-state index contributed by atoms with van der Waals surface area (Å²) in [6.45, 7) is 2.23. The fraction of sp³-hybridized carbons (Fsp3) is 0.400. The first-order valence-electron chi connectivity index (χ1n) is 4.10. The quantitative estimate of drug-likeness (QED) is 0.336. The highest BCUT2D eigenvalue weighted by Crippen LogP contribution is 1.99. The van der Waals surface area contributed by atoms with E-state index in [-0.39, 0.29) is 12.4 Å². The van der Waals surface area contributed by atoms with Gasteiger partial charge in [-0.2, -0.15) is 0 Å². The Morgan fingerprint density at radius 1 is 1.17 bits per heavy atom. The van der Waals surface area contributed by atoms with Crippen LogP contribution in [-0.4, -0.2) is 11.5 Å². The van der Waals surface area contributed by atoms with Gasteiger partial charge in [-0.3, -0.25) is 0 Å². The van der Waals surface area contributed by atoms with Crippen LogP contribution < -0.4 is 12.4 Å². The van der Waals surface area contributed by atoms with E-state index in [9.17, 15) is 0 Å². The molecule has 0 unspecified atom stereocenters. The first-order chi connectivity index (χ1) is 5.43. The minimum Gasteiger partial charge on any atom is -1.00 e. The fourth-order valence-electron chi connectivity index (χ4n) is 1.01. The summed E-state index contributed by atoms with van der Waals surface area (Å²) in [6.07, 6.45) is 1.23. The van der Waals surface area contributed by atoms with E-state index in [1.807, 2.05) is 0 Å². The number of hydrogen-bond donors (Lipinski definition) is 0. The maximum Gasteiger partial charge on any atom is 0.109 e. The molecule has 2 heteroatoms. The summed E-state index contributed by atoms with van der Waals surface area (Å²) in [5, 5.41) is 0. The first kappa shape index (κ1) is 11.9. The standard InChI is InChI=1S/C10H14S.ClH/c1-2-11-9-8-10-6-4-3-5-7-10;/h3-7H,2,8-9H2,1H3;1H. The highest BCUT2D eigenvalue weighted by molar-refractivity contribution is 7.78. The molecule has 1 aromatic rings. The van der Waals surface area contributed by atoms with Crippen LogP contribution in [0.2, 0.25) is 0 Å². The Kier molecular flexibility index (Phi) is 7.42. The Labute approximate surface area is 85.2 Å². The summed E-state index contributed by atoms with van der Waals surface area (Å²) >= 11 is 1.57. The lowest BCUT2D eigenvalue weighted by atomic mass is 10.2. The molecule has 0 amide bonds. The second-order valence-corrected chi connectivity index (χ2v) is 4.03. The van der Waals surface area contributed by atoms with E-state index in [1.165, 1.54) is 23.5 Å². The van der Waals surface area contributed by atoms with Crippen LogP contribution in [0.15, 0.2) is 30.3 Å². The molecule has 1 aromatic carbocycles. The van der Waals surface area contributed by atoms with E-state index in [0.717, 1.165) is 0 Å². The molecule has 0 fully saturated rings. The van der Waals surface area contributed by atoms with Gasteiger partial charge >= 0.3 is 0 Å². The third-order valence-electron chi connectivity index (χ3n) is 1.63. The Morgan fingerprint density at radius 3 is 2.42 bits per heavy atom. The van der Waals surface area contributed by atoms with Gasteiger partial charge in [-0.25, -0.2) is 0 Å². The van der Waals surface area contributed by atoms with Gasteiger partial charge in [0.1, 0.15) is 11.5 Å². The summed E-state index contributed by atoms with van der Waals surface area (Å²) in [4.78, 5) is 0. The van der Waals surface area contributed by atoms with Crippen molar-refractivity contribution < 1.29 is 12.4 Å². The van der Waals surface area contributed by atoms with Crippen molar-refractivity contribution in [2.24, 2.45) is 0 Å². The average molecular weight is 203 g/mol. The lowest BCUT2D eigenvalue weighted by molar-refractivity contribution is -0.00000226. The van der Waals surface area contributed by atoms with Crippen molar-refractivity contribution in [3.63, 3.8) is 0 Å². The van der Waals surface area contributed by atoms with E-state index in [4.69, 9.17) is 0 Å². The molecule has 0 aliphatic rings. The maximum atomic E-state index is 2.23. The van der Waals surface area contributed by atoms with Gasteiger partial charge in [-0.15, -0.1) is 0 Å². The van der Waals surface area contributed by atoms with E-state index in [2.05, 4.69) is 37.3 Å². The third-order valence-corrected chi connectivity index (χ3v) is 2.61. The van der Waals surface area contributed by atoms with Gasteiger partial charge in [0.25, 0.3) is 0 Å². The van der Waals surface area contributed by atoms with Crippen LogP contribution in [0, 0.1) is 0 Å². The van der Waals surface area contributed by atoms with Crippen LogP contribution in [0.1, 0.15) is 12.5 Å². The molecule has 0 nitrogen and oxygen atoms in total. The zero-order valence-electron chi connectivity index (χ0n) is 7.33. The molecule has 0 saturated heterocycles. The van der Waals surface area contributed by atoms with Crippen LogP contribution in [-0.2, 0) is 18.2 Å². The average Bonchev–Trinajstić information content (AvgIpc) is 2.07. The summed E-state index contributed by atoms with van der Waals surface area (Å²) in [7, 11) is 0. The van der Waals surface area contributed by atoms with Crippen molar-refractivity contribution in [2.45, 2.75) is 13.3 Å². The molecule has 0 bridgehead atoms. The van der Waals surface area contributed by atoms with Gasteiger partial charge in [0.05, 0.1) is 0 Å². The lowest BCUT2D eigenvalue weighted by Crippen LogP contribution is -3.00. The molecule has 0 aliphatic heterocycles. The van der Waals surface area contributed by atoms with E-state index < -0.39 is 0 Å². The number of thiol groups is 1. The van der Waals surface area contributed by atoms with Gasteiger partial charge < -0.3 is 12.4 Å². The number of aryl methyl sites for hydroxylation is 1. The molecule has 0 spiro atoms. The second kappa shape index (κ2) is 7.51. The summed E-state index contributed by atoms with van der Waals surface area (Å²) < 4.78 is 0. The minimum absolute atomic E-state index is 0. The largest absolute Gasteiger partial charge is 1.00 e. The number of rotatable bonds is 4. The summed E-state index contributed by atoms with van der Waals surface area (Å²) in [5.74, 6) is 2.59. The normalized spacial score (nSPS) is 9.08. The zero-order chi connectivity index (χ0) is 7.94. The van der Waals surface area contributed by atoms with Crippen LogP contribution >= 0.6 is 0 Å². The highest BCUT2D eigenvalue weighted by Gasteiger charge is 1.94. The smallest absolute Gasteiger partial charge is 0.109 e. The predicted molar refractivity (Wildman–Crippen MR) is 54.3 cm³/mol. The Hall–Kier alpha value is -0.140. The van der Waals surface area contributed by atoms with Crippen LogP contribution in [0.3, 0.4) is 0 Å². The molecule has 0 atom stereocenters. The molecule has 1 rings (SSSR count). The van der Waals surface area contributed by atoms with E-state index >= 15 is 0 Å². The lowest BCUT2D eigenvalue weighted by Gasteiger charge is -1.93. The van der Waals surface area contributed by atoms with Crippen molar-refractivity contribution in [3.8, 4) is 0 Å². The van der Waals surface area contributed by atoms with E-state index in [0.29, 0.717) is 0 Å². The van der Waals surface area contributed by atoms with Crippen LogP contribution in [0.4, 0.5) is 0 Å². The molecule has 0 aliphatic carbocycles. The van der Waals surface area contributed by atoms with Crippen molar-refractivity contribution in [3.05, 3.63) is 35.9 Å². The molecule has 0 N–H and O–H groups in total. The first-order valence-corrected chi connectivity index (χ1v) is 5.37. The predicted octanol–water partition coefficient (Wildman–Crippen LogP) is -0.932. The van der Waals surface area contributed by atoms with E-state index in [1.54, 1.807) is 11.8 Å². The summed E-state index contributed by atoms with van der Waals surface area (Å²) in [6, 6.07) is 10.7. The Bertz CT molecular complexity index is 186. The Balaban J connectivity index is 0.00000121. The molecular formula is C10H15ClS. The van der Waals surface area contributed by atoms with Gasteiger partial charge in [0, 0.05) is 6.42 Å². The van der Waals surface area contributed by atoms with Crippen LogP contribution in [0.25, 0.3) is 0 Å². The number of benzene rings is 1. The zero-order valence-corrected chi connectivity index (χ0v) is 8.98. The SMILES string of the molecule is CC[SH+]CCc1ccccc1.[Cl-]. The molecule has 68 valence electrons. The van der Waals surface area contributed by atoms with Crippen molar-refractivity contribution in [1.29, 1.82) is 0 Å². The molecule has 12 heavy (non-hydrogen) atoms. The molecule has 0 saturated carbocycles. The highest BCUT2D eigenvalue weighted by atomic mass is 35.5. The monoisotopic (exact) mass is 202 g/mol. The number of halogens is 1. The second-order valence-electron chi connectivity index (χ2n) is 2.50. The minimum atomic E-state index is 0.